The van der Waals surface area contributed by atoms with E-state index in [1.807, 2.05) is 6.07 Å². The Morgan fingerprint density at radius 1 is 1.38 bits per heavy atom. The van der Waals surface area contributed by atoms with Gasteiger partial charge in [-0.25, -0.2) is 0 Å². The average molecular weight is 402 g/mol. The molecule has 1 atom stereocenters. The van der Waals surface area contributed by atoms with Gasteiger partial charge in [0.05, 0.1) is 3.57 Å². The standard InChI is InChI=1S/C10H12I2O/c1-3-6(2)8-4-7(11)5-9(12)10(8)13/h4-6,13H,3H2,1-2H3. The van der Waals surface area contributed by atoms with Crippen LogP contribution in [0.5, 0.6) is 5.75 Å². The molecule has 1 aromatic carbocycles. The van der Waals surface area contributed by atoms with Crippen molar-refractivity contribution in [1.29, 1.82) is 0 Å². The Morgan fingerprint density at radius 2 is 2.00 bits per heavy atom. The lowest BCUT2D eigenvalue weighted by Crippen LogP contribution is -1.94. The molecule has 0 aliphatic rings. The van der Waals surface area contributed by atoms with Gasteiger partial charge in [-0.3, -0.25) is 0 Å². The van der Waals surface area contributed by atoms with Gasteiger partial charge in [0.15, 0.2) is 0 Å². The van der Waals surface area contributed by atoms with Crippen molar-refractivity contribution in [3.63, 3.8) is 0 Å². The summed E-state index contributed by atoms with van der Waals surface area (Å²) in [6.07, 6.45) is 1.06. The number of phenols is 1. The van der Waals surface area contributed by atoms with Crippen LogP contribution in [0.1, 0.15) is 31.7 Å². The molecule has 0 fully saturated rings. The lowest BCUT2D eigenvalue weighted by molar-refractivity contribution is 0.458. The molecule has 1 unspecified atom stereocenters. The molecule has 1 N–H and O–H groups in total. The van der Waals surface area contributed by atoms with Crippen LogP contribution >= 0.6 is 45.2 Å². The SMILES string of the molecule is CCC(C)c1cc(I)cc(I)c1O. The van der Waals surface area contributed by atoms with E-state index in [0.29, 0.717) is 11.7 Å². The number of phenolic OH excluding ortho intramolecular Hbond substituents is 1. The fourth-order valence-corrected chi connectivity index (χ4v) is 3.07. The van der Waals surface area contributed by atoms with E-state index in [9.17, 15) is 5.11 Å². The van der Waals surface area contributed by atoms with Gasteiger partial charge < -0.3 is 5.11 Å². The highest BCUT2D eigenvalue weighted by molar-refractivity contribution is 14.1. The Morgan fingerprint density at radius 3 is 2.54 bits per heavy atom. The number of rotatable bonds is 2. The molecule has 13 heavy (non-hydrogen) atoms. The fourth-order valence-electron chi connectivity index (χ4n) is 1.18. The van der Waals surface area contributed by atoms with E-state index in [2.05, 4.69) is 65.1 Å². The van der Waals surface area contributed by atoms with Crippen LogP contribution in [0.4, 0.5) is 0 Å². The van der Waals surface area contributed by atoms with E-state index in [0.717, 1.165) is 15.6 Å². The van der Waals surface area contributed by atoms with Crippen molar-refractivity contribution >= 4 is 45.2 Å². The molecule has 0 radical (unpaired) electrons. The van der Waals surface area contributed by atoms with Gasteiger partial charge in [-0.05, 0) is 75.2 Å². The number of hydrogen-bond acceptors (Lipinski definition) is 1. The Hall–Kier alpha value is 0.480. The Balaban J connectivity index is 3.20. The van der Waals surface area contributed by atoms with E-state index in [-0.39, 0.29) is 0 Å². The van der Waals surface area contributed by atoms with Crippen LogP contribution in [-0.2, 0) is 0 Å². The highest BCUT2D eigenvalue weighted by Crippen LogP contribution is 2.33. The van der Waals surface area contributed by atoms with Gasteiger partial charge in [0.2, 0.25) is 0 Å². The van der Waals surface area contributed by atoms with Crippen molar-refractivity contribution in [3.05, 3.63) is 24.8 Å². The van der Waals surface area contributed by atoms with Gasteiger partial charge in [0, 0.05) is 3.57 Å². The summed E-state index contributed by atoms with van der Waals surface area (Å²) in [6, 6.07) is 4.05. The molecule has 0 saturated heterocycles. The van der Waals surface area contributed by atoms with Crippen molar-refractivity contribution in [3.8, 4) is 5.75 Å². The van der Waals surface area contributed by atoms with Gasteiger partial charge in [0.1, 0.15) is 5.75 Å². The van der Waals surface area contributed by atoms with Crippen LogP contribution in [0, 0.1) is 7.14 Å². The number of benzene rings is 1. The molecule has 3 heteroatoms. The minimum absolute atomic E-state index is 0.434. The van der Waals surface area contributed by atoms with E-state index < -0.39 is 0 Å². The third-order valence-corrected chi connectivity index (χ3v) is 3.65. The zero-order valence-corrected chi connectivity index (χ0v) is 12.0. The molecule has 0 aliphatic carbocycles. The summed E-state index contributed by atoms with van der Waals surface area (Å²) < 4.78 is 2.13. The number of halogens is 2. The third-order valence-electron chi connectivity index (χ3n) is 2.20. The molecule has 0 aliphatic heterocycles. The molecule has 1 aromatic rings. The highest BCUT2D eigenvalue weighted by atomic mass is 127. The van der Waals surface area contributed by atoms with Gasteiger partial charge in [-0.15, -0.1) is 0 Å². The number of aromatic hydroxyl groups is 1. The van der Waals surface area contributed by atoms with Crippen LogP contribution in [0.25, 0.3) is 0 Å². The fraction of sp³-hybridized carbons (Fsp3) is 0.400. The van der Waals surface area contributed by atoms with Crippen molar-refractivity contribution in [2.75, 3.05) is 0 Å². The summed E-state index contributed by atoms with van der Waals surface area (Å²) in [5, 5.41) is 9.81. The van der Waals surface area contributed by atoms with Gasteiger partial charge >= 0.3 is 0 Å². The molecule has 72 valence electrons. The second-order valence-corrected chi connectivity index (χ2v) is 5.54. The summed E-state index contributed by atoms with van der Waals surface area (Å²) in [7, 11) is 0. The predicted octanol–water partition coefficient (Wildman–Crippen LogP) is 4.11. The second-order valence-electron chi connectivity index (χ2n) is 3.13. The quantitative estimate of drug-likeness (QED) is 0.739. The Kier molecular flexibility index (Phi) is 4.28. The molecule has 0 spiro atoms. The summed E-state index contributed by atoms with van der Waals surface area (Å²) >= 11 is 4.45. The van der Waals surface area contributed by atoms with Crippen LogP contribution in [0.15, 0.2) is 12.1 Å². The first-order chi connectivity index (χ1) is 6.06. The third kappa shape index (κ3) is 2.71. The molecule has 1 nitrogen and oxygen atoms in total. The smallest absolute Gasteiger partial charge is 0.132 e. The minimum atomic E-state index is 0.434. The lowest BCUT2D eigenvalue weighted by Gasteiger charge is -2.12. The van der Waals surface area contributed by atoms with Crippen molar-refractivity contribution in [1.82, 2.24) is 0 Å². The first-order valence-corrected chi connectivity index (χ1v) is 6.40. The molecule has 0 saturated carbocycles. The molecule has 0 bridgehead atoms. The van der Waals surface area contributed by atoms with E-state index in [4.69, 9.17) is 0 Å². The lowest BCUT2D eigenvalue weighted by atomic mass is 9.98. The van der Waals surface area contributed by atoms with Crippen LogP contribution < -0.4 is 0 Å². The minimum Gasteiger partial charge on any atom is -0.507 e. The molecular weight excluding hydrogens is 390 g/mol. The first kappa shape index (κ1) is 11.6. The van der Waals surface area contributed by atoms with Gasteiger partial charge in [-0.1, -0.05) is 13.8 Å². The summed E-state index contributed by atoms with van der Waals surface area (Å²) in [4.78, 5) is 0. The molecular formula is C10H12I2O. The number of hydrogen-bond donors (Lipinski definition) is 1. The van der Waals surface area contributed by atoms with Gasteiger partial charge in [-0.2, -0.15) is 0 Å². The Labute approximate surface area is 106 Å². The van der Waals surface area contributed by atoms with Crippen molar-refractivity contribution in [2.45, 2.75) is 26.2 Å². The van der Waals surface area contributed by atoms with E-state index in [1.54, 1.807) is 0 Å². The normalized spacial score (nSPS) is 12.9. The monoisotopic (exact) mass is 402 g/mol. The van der Waals surface area contributed by atoms with E-state index >= 15 is 0 Å². The molecule has 0 amide bonds. The highest BCUT2D eigenvalue weighted by Gasteiger charge is 2.11. The van der Waals surface area contributed by atoms with Gasteiger partial charge in [0.25, 0.3) is 0 Å². The van der Waals surface area contributed by atoms with Crippen LogP contribution in [0.2, 0.25) is 0 Å². The van der Waals surface area contributed by atoms with Crippen LogP contribution in [0.3, 0.4) is 0 Å². The maximum absolute atomic E-state index is 9.81. The largest absolute Gasteiger partial charge is 0.507 e. The van der Waals surface area contributed by atoms with Crippen LogP contribution in [-0.4, -0.2) is 5.11 Å². The topological polar surface area (TPSA) is 20.2 Å². The van der Waals surface area contributed by atoms with Crippen molar-refractivity contribution < 1.29 is 5.11 Å². The Bertz CT molecular complexity index is 310. The zero-order valence-electron chi connectivity index (χ0n) is 7.64. The summed E-state index contributed by atoms with van der Waals surface area (Å²) in [6.45, 7) is 4.28. The maximum atomic E-state index is 9.81. The first-order valence-electron chi connectivity index (χ1n) is 4.24. The van der Waals surface area contributed by atoms with E-state index in [1.165, 1.54) is 3.57 Å². The second kappa shape index (κ2) is 4.82. The zero-order chi connectivity index (χ0) is 10.0. The average Bonchev–Trinajstić information content (AvgIpc) is 2.10. The van der Waals surface area contributed by atoms with Crippen molar-refractivity contribution in [2.24, 2.45) is 0 Å². The predicted molar refractivity (Wildman–Crippen MR) is 72.2 cm³/mol. The summed E-state index contributed by atoms with van der Waals surface area (Å²) in [5.74, 6) is 0.888. The maximum Gasteiger partial charge on any atom is 0.132 e. The summed E-state index contributed by atoms with van der Waals surface area (Å²) in [5.41, 5.74) is 1.07. The molecule has 1 rings (SSSR count). The molecule has 0 aromatic heterocycles. The molecule has 0 heterocycles.